The van der Waals surface area contributed by atoms with Crippen LogP contribution in [0.1, 0.15) is 39.4 Å². The molecule has 1 fully saturated rings. The van der Waals surface area contributed by atoms with E-state index in [2.05, 4.69) is 0 Å². The molecule has 2 aliphatic rings. The zero-order chi connectivity index (χ0) is 21.6. The summed E-state index contributed by atoms with van der Waals surface area (Å²) >= 11 is 6.31. The first-order valence-electron chi connectivity index (χ1n) is 9.61. The molecule has 158 valence electrons. The number of aromatic hydroxyl groups is 2. The average Bonchev–Trinajstić information content (AvgIpc) is 3.07. The molecule has 2 heterocycles. The lowest BCUT2D eigenvalue weighted by Crippen LogP contribution is -2.32. The van der Waals surface area contributed by atoms with E-state index in [4.69, 9.17) is 21.4 Å². The van der Waals surface area contributed by atoms with Crippen LogP contribution in [0.25, 0.3) is 5.76 Å². The lowest BCUT2D eigenvalue weighted by molar-refractivity contribution is 0.0697. The lowest BCUT2D eigenvalue weighted by Gasteiger charge is -2.29. The van der Waals surface area contributed by atoms with E-state index in [-0.39, 0.29) is 40.7 Å². The molecule has 2 atom stereocenters. The number of hydrogen-bond acceptors (Lipinski definition) is 6. The summed E-state index contributed by atoms with van der Waals surface area (Å²) in [6, 6.07) is 5.51. The summed E-state index contributed by atoms with van der Waals surface area (Å²) in [5.74, 6) is -0.618. The molecule has 0 radical (unpaired) electrons. The van der Waals surface area contributed by atoms with Gasteiger partial charge >= 0.3 is 5.97 Å². The number of likely N-dealkylation sites (N-methyl/N-ethyl adjacent to an activating group) is 1. The molecule has 2 aliphatic heterocycles. The Kier molecular flexibility index (Phi) is 5.36. The predicted molar refractivity (Wildman–Crippen MR) is 111 cm³/mol. The number of fused-ring (bicyclic) bond motifs is 1. The molecule has 4 rings (SSSR count). The fourth-order valence-electron chi connectivity index (χ4n) is 4.33. The van der Waals surface area contributed by atoms with Crippen molar-refractivity contribution in [2.45, 2.75) is 24.8 Å². The SMILES string of the molecule is CN1CC[C@H](c2c(O)cc(O)c3c2OC(c2ccc(C(=O)O)cc2Cl)=CC3)[C@H]1CO. The van der Waals surface area contributed by atoms with Crippen molar-refractivity contribution in [1.82, 2.24) is 4.90 Å². The van der Waals surface area contributed by atoms with Crippen molar-refractivity contribution in [1.29, 1.82) is 0 Å². The van der Waals surface area contributed by atoms with Gasteiger partial charge in [0.1, 0.15) is 23.0 Å². The number of nitrogens with zero attached hydrogens (tertiary/aromatic N) is 1. The summed E-state index contributed by atoms with van der Waals surface area (Å²) in [4.78, 5) is 13.2. The molecule has 0 unspecified atom stereocenters. The number of aromatic carboxylic acids is 1. The number of aliphatic hydroxyl groups excluding tert-OH is 1. The number of likely N-dealkylation sites (tertiary alicyclic amines) is 1. The zero-order valence-corrected chi connectivity index (χ0v) is 17.1. The molecule has 1 saturated heterocycles. The van der Waals surface area contributed by atoms with E-state index in [1.807, 2.05) is 11.9 Å². The van der Waals surface area contributed by atoms with Gasteiger partial charge < -0.3 is 30.1 Å². The van der Waals surface area contributed by atoms with Crippen molar-refractivity contribution in [2.24, 2.45) is 0 Å². The number of rotatable bonds is 4. The van der Waals surface area contributed by atoms with Gasteiger partial charge in [-0.3, -0.25) is 0 Å². The Morgan fingerprint density at radius 2 is 2.03 bits per heavy atom. The van der Waals surface area contributed by atoms with Gasteiger partial charge in [0.15, 0.2) is 0 Å². The lowest BCUT2D eigenvalue weighted by atomic mass is 9.87. The second kappa shape index (κ2) is 7.83. The van der Waals surface area contributed by atoms with Gasteiger partial charge in [-0.05, 0) is 44.3 Å². The number of aliphatic hydroxyl groups is 1. The van der Waals surface area contributed by atoms with E-state index in [0.29, 0.717) is 34.6 Å². The Hall–Kier alpha value is -2.74. The second-order valence-electron chi connectivity index (χ2n) is 7.64. The topological polar surface area (TPSA) is 110 Å². The summed E-state index contributed by atoms with van der Waals surface area (Å²) in [5, 5.41) is 40.3. The molecule has 0 bridgehead atoms. The van der Waals surface area contributed by atoms with Crippen LogP contribution in [-0.4, -0.2) is 57.5 Å². The first-order valence-corrected chi connectivity index (χ1v) is 9.99. The Morgan fingerprint density at radius 1 is 1.27 bits per heavy atom. The molecule has 8 heteroatoms. The van der Waals surface area contributed by atoms with Crippen LogP contribution in [0.2, 0.25) is 5.02 Å². The smallest absolute Gasteiger partial charge is 0.335 e. The molecular formula is C22H22ClNO6. The van der Waals surface area contributed by atoms with Crippen LogP contribution in [0.15, 0.2) is 30.3 Å². The van der Waals surface area contributed by atoms with Crippen LogP contribution < -0.4 is 4.74 Å². The molecule has 7 nitrogen and oxygen atoms in total. The Morgan fingerprint density at radius 3 is 2.70 bits per heavy atom. The molecule has 30 heavy (non-hydrogen) atoms. The predicted octanol–water partition coefficient (Wildman–Crippen LogP) is 3.21. The van der Waals surface area contributed by atoms with Crippen LogP contribution in [0.5, 0.6) is 17.2 Å². The first kappa shape index (κ1) is 20.5. The number of carboxylic acid groups (broad SMARTS) is 1. The van der Waals surface area contributed by atoms with Gasteiger partial charge in [0.25, 0.3) is 0 Å². The van der Waals surface area contributed by atoms with Crippen molar-refractivity contribution in [3.05, 3.63) is 57.6 Å². The minimum absolute atomic E-state index is 0.0660. The quantitative estimate of drug-likeness (QED) is 0.588. The van der Waals surface area contributed by atoms with Crippen molar-refractivity contribution in [3.8, 4) is 17.2 Å². The number of hydrogen-bond donors (Lipinski definition) is 4. The fraction of sp³-hybridized carbons (Fsp3) is 0.318. The molecular weight excluding hydrogens is 410 g/mol. The highest BCUT2D eigenvalue weighted by atomic mass is 35.5. The van der Waals surface area contributed by atoms with Gasteiger partial charge in [-0.25, -0.2) is 4.79 Å². The van der Waals surface area contributed by atoms with E-state index < -0.39 is 5.97 Å². The van der Waals surface area contributed by atoms with Gasteiger partial charge in [-0.2, -0.15) is 0 Å². The number of allylic oxidation sites excluding steroid dienone is 1. The van der Waals surface area contributed by atoms with E-state index in [9.17, 15) is 20.1 Å². The molecule has 2 aromatic rings. The van der Waals surface area contributed by atoms with Gasteiger partial charge in [-0.1, -0.05) is 11.6 Å². The number of phenolic OH excluding ortho intramolecular Hbond substituents is 2. The summed E-state index contributed by atoms with van der Waals surface area (Å²) in [6.07, 6.45) is 2.84. The summed E-state index contributed by atoms with van der Waals surface area (Å²) < 4.78 is 6.14. The minimum atomic E-state index is -1.08. The molecule has 0 aliphatic carbocycles. The van der Waals surface area contributed by atoms with Crippen LogP contribution >= 0.6 is 11.6 Å². The molecule has 4 N–H and O–H groups in total. The van der Waals surface area contributed by atoms with E-state index in [1.54, 1.807) is 12.1 Å². The molecule has 2 aromatic carbocycles. The van der Waals surface area contributed by atoms with Gasteiger partial charge in [0.05, 0.1) is 17.2 Å². The summed E-state index contributed by atoms with van der Waals surface area (Å²) in [5.41, 5.74) is 1.69. The maximum absolute atomic E-state index is 11.2. The molecule has 0 spiro atoms. The van der Waals surface area contributed by atoms with Crippen LogP contribution in [0, 0.1) is 0 Å². The normalized spacial score (nSPS) is 21.1. The van der Waals surface area contributed by atoms with Crippen molar-refractivity contribution >= 4 is 23.3 Å². The van der Waals surface area contributed by atoms with Crippen LogP contribution in [0.3, 0.4) is 0 Å². The Labute approximate surface area is 178 Å². The van der Waals surface area contributed by atoms with Gasteiger partial charge in [-0.15, -0.1) is 0 Å². The summed E-state index contributed by atoms with van der Waals surface area (Å²) in [7, 11) is 1.92. The maximum Gasteiger partial charge on any atom is 0.335 e. The molecule has 0 saturated carbocycles. The number of ether oxygens (including phenoxy) is 1. The monoisotopic (exact) mass is 431 g/mol. The Bertz CT molecular complexity index is 1050. The number of carbonyl (C=O) groups is 1. The highest BCUT2D eigenvalue weighted by Crippen LogP contribution is 2.50. The number of phenols is 2. The molecule has 0 aromatic heterocycles. The third kappa shape index (κ3) is 3.39. The zero-order valence-electron chi connectivity index (χ0n) is 16.3. The first-order chi connectivity index (χ1) is 14.3. The van der Waals surface area contributed by atoms with Crippen LogP contribution in [-0.2, 0) is 6.42 Å². The minimum Gasteiger partial charge on any atom is -0.507 e. The highest BCUT2D eigenvalue weighted by Gasteiger charge is 2.38. The Balaban J connectivity index is 1.77. The largest absolute Gasteiger partial charge is 0.507 e. The fourth-order valence-corrected chi connectivity index (χ4v) is 4.61. The number of carboxylic acids is 1. The number of benzene rings is 2. The van der Waals surface area contributed by atoms with Crippen molar-refractivity contribution < 1.29 is 30.0 Å². The number of halogens is 1. The third-order valence-electron chi connectivity index (χ3n) is 5.94. The standard InChI is InChI=1S/C22H22ClNO6/c1-24-7-6-13(16(24)10-25)20-18(27)9-17(26)14-4-5-19(30-21(14)20)12-3-2-11(22(28)29)8-15(12)23/h2-3,5,8-9,13,16,25-27H,4,6-7,10H2,1H3,(H,28,29)/t13-,16+/m0/s1. The summed E-state index contributed by atoms with van der Waals surface area (Å²) in [6.45, 7) is 0.692. The highest BCUT2D eigenvalue weighted by molar-refractivity contribution is 6.32. The van der Waals surface area contributed by atoms with Gasteiger partial charge in [0.2, 0.25) is 0 Å². The van der Waals surface area contributed by atoms with Crippen molar-refractivity contribution in [2.75, 3.05) is 20.2 Å². The third-order valence-corrected chi connectivity index (χ3v) is 6.26. The molecule has 0 amide bonds. The van der Waals surface area contributed by atoms with Gasteiger partial charge in [0, 0.05) is 41.1 Å². The van der Waals surface area contributed by atoms with E-state index >= 15 is 0 Å². The maximum atomic E-state index is 11.2. The second-order valence-corrected chi connectivity index (χ2v) is 8.04. The van der Waals surface area contributed by atoms with E-state index in [1.165, 1.54) is 18.2 Å². The van der Waals surface area contributed by atoms with Crippen LogP contribution in [0.4, 0.5) is 0 Å². The van der Waals surface area contributed by atoms with E-state index in [0.717, 1.165) is 13.0 Å². The average molecular weight is 432 g/mol. The van der Waals surface area contributed by atoms with Crippen molar-refractivity contribution in [3.63, 3.8) is 0 Å².